The van der Waals surface area contributed by atoms with Crippen molar-refractivity contribution in [3.63, 3.8) is 0 Å². The number of benzene rings is 2. The van der Waals surface area contributed by atoms with Gasteiger partial charge in [0, 0.05) is 31.3 Å². The number of hydrogen-bond donors (Lipinski definition) is 3. The van der Waals surface area contributed by atoms with E-state index in [0.29, 0.717) is 37.5 Å². The van der Waals surface area contributed by atoms with Crippen molar-refractivity contribution >= 4 is 17.9 Å². The van der Waals surface area contributed by atoms with Crippen molar-refractivity contribution in [3.8, 4) is 0 Å². The maximum atomic E-state index is 12.0. The Labute approximate surface area is 167 Å². The molecular formula is C23H29N3O2. The molecule has 0 unspecified atom stereocenters. The molecule has 0 aromatic heterocycles. The molecule has 5 heteroatoms. The van der Waals surface area contributed by atoms with E-state index in [9.17, 15) is 9.59 Å². The van der Waals surface area contributed by atoms with Crippen molar-refractivity contribution in [2.45, 2.75) is 32.7 Å². The van der Waals surface area contributed by atoms with Gasteiger partial charge in [-0.1, -0.05) is 50.2 Å². The second kappa shape index (κ2) is 11.0. The van der Waals surface area contributed by atoms with Crippen LogP contribution in [0.5, 0.6) is 0 Å². The zero-order valence-electron chi connectivity index (χ0n) is 16.6. The monoisotopic (exact) mass is 379 g/mol. The first-order valence-electron chi connectivity index (χ1n) is 9.62. The van der Waals surface area contributed by atoms with Gasteiger partial charge in [-0.2, -0.15) is 0 Å². The largest absolute Gasteiger partial charge is 0.352 e. The molecule has 0 heterocycles. The molecule has 5 nitrogen and oxygen atoms in total. The standard InChI is InChI=1S/C23H29N3O2/c1-17(2)20-9-4-18(5-10-20)8-13-22(27)25-14-3-15-26-23(28)21-11-6-19(16-24)7-12-21/h4-13,17H,3,14-16,24H2,1-2H3,(H,25,27)(H,26,28)/b13-8+. The van der Waals surface area contributed by atoms with Crippen LogP contribution in [0.15, 0.2) is 54.6 Å². The van der Waals surface area contributed by atoms with Crippen LogP contribution in [0.25, 0.3) is 6.08 Å². The summed E-state index contributed by atoms with van der Waals surface area (Å²) in [4.78, 5) is 23.9. The van der Waals surface area contributed by atoms with Gasteiger partial charge in [0.15, 0.2) is 0 Å². The highest BCUT2D eigenvalue weighted by molar-refractivity contribution is 5.94. The first-order chi connectivity index (χ1) is 13.5. The van der Waals surface area contributed by atoms with Crippen molar-refractivity contribution in [3.05, 3.63) is 76.9 Å². The van der Waals surface area contributed by atoms with E-state index in [0.717, 1.165) is 11.1 Å². The van der Waals surface area contributed by atoms with Gasteiger partial charge in [-0.05, 0) is 47.2 Å². The number of nitrogens with one attached hydrogen (secondary N) is 2. The van der Waals surface area contributed by atoms with Gasteiger partial charge < -0.3 is 16.4 Å². The van der Waals surface area contributed by atoms with Crippen LogP contribution in [0.4, 0.5) is 0 Å². The topological polar surface area (TPSA) is 84.2 Å². The Kier molecular flexibility index (Phi) is 8.43. The highest BCUT2D eigenvalue weighted by atomic mass is 16.2. The van der Waals surface area contributed by atoms with E-state index in [1.807, 2.05) is 24.3 Å². The molecule has 2 aromatic rings. The third-order valence-corrected chi connectivity index (χ3v) is 4.42. The van der Waals surface area contributed by atoms with Crippen molar-refractivity contribution < 1.29 is 9.59 Å². The van der Waals surface area contributed by atoms with Gasteiger partial charge in [-0.15, -0.1) is 0 Å². The summed E-state index contributed by atoms with van der Waals surface area (Å²) in [5, 5.41) is 5.66. The van der Waals surface area contributed by atoms with Gasteiger partial charge in [0.25, 0.3) is 5.91 Å². The molecule has 0 aliphatic carbocycles. The molecule has 0 saturated heterocycles. The SMILES string of the molecule is CC(C)c1ccc(/C=C/C(=O)NCCCNC(=O)c2ccc(CN)cc2)cc1. The van der Waals surface area contributed by atoms with Gasteiger partial charge >= 0.3 is 0 Å². The third-order valence-electron chi connectivity index (χ3n) is 4.42. The summed E-state index contributed by atoms with van der Waals surface area (Å²) in [6.07, 6.45) is 3.99. The molecule has 0 spiro atoms. The molecule has 2 rings (SSSR count). The summed E-state index contributed by atoms with van der Waals surface area (Å²) in [6, 6.07) is 15.4. The Hall–Kier alpha value is -2.92. The van der Waals surface area contributed by atoms with Crippen LogP contribution in [-0.2, 0) is 11.3 Å². The van der Waals surface area contributed by atoms with Gasteiger partial charge in [-0.25, -0.2) is 0 Å². The molecule has 4 N–H and O–H groups in total. The smallest absolute Gasteiger partial charge is 0.251 e. The summed E-state index contributed by atoms with van der Waals surface area (Å²) in [5.41, 5.74) is 9.41. The molecule has 2 amide bonds. The van der Waals surface area contributed by atoms with E-state index in [4.69, 9.17) is 5.73 Å². The lowest BCUT2D eigenvalue weighted by molar-refractivity contribution is -0.116. The predicted molar refractivity (Wildman–Crippen MR) is 114 cm³/mol. The number of amides is 2. The van der Waals surface area contributed by atoms with Crippen LogP contribution >= 0.6 is 0 Å². The first-order valence-corrected chi connectivity index (χ1v) is 9.62. The van der Waals surface area contributed by atoms with E-state index in [-0.39, 0.29) is 11.8 Å². The van der Waals surface area contributed by atoms with Gasteiger partial charge in [0.05, 0.1) is 0 Å². The summed E-state index contributed by atoms with van der Waals surface area (Å²) in [6.45, 7) is 5.76. The van der Waals surface area contributed by atoms with E-state index < -0.39 is 0 Å². The molecule has 0 bridgehead atoms. The van der Waals surface area contributed by atoms with Gasteiger partial charge in [0.1, 0.15) is 0 Å². The van der Waals surface area contributed by atoms with E-state index in [1.165, 1.54) is 11.6 Å². The maximum absolute atomic E-state index is 12.0. The molecule has 28 heavy (non-hydrogen) atoms. The molecule has 0 atom stereocenters. The predicted octanol–water partition coefficient (Wildman–Crippen LogP) is 3.22. The fourth-order valence-electron chi connectivity index (χ4n) is 2.62. The molecule has 0 aliphatic heterocycles. The lowest BCUT2D eigenvalue weighted by Gasteiger charge is -2.06. The highest BCUT2D eigenvalue weighted by Gasteiger charge is 2.04. The van der Waals surface area contributed by atoms with Crippen LogP contribution in [0, 0.1) is 0 Å². The fraction of sp³-hybridized carbons (Fsp3) is 0.304. The first kappa shape index (κ1) is 21.4. The molecule has 0 fully saturated rings. The molecule has 0 saturated carbocycles. The van der Waals surface area contributed by atoms with Crippen molar-refractivity contribution in [2.24, 2.45) is 5.73 Å². The summed E-state index contributed by atoms with van der Waals surface area (Å²) >= 11 is 0. The Morgan fingerprint density at radius 1 is 0.964 bits per heavy atom. The van der Waals surface area contributed by atoms with Crippen LogP contribution < -0.4 is 16.4 Å². The Bertz CT molecular complexity index is 794. The quantitative estimate of drug-likeness (QED) is 0.462. The number of hydrogen-bond acceptors (Lipinski definition) is 3. The van der Waals surface area contributed by atoms with E-state index >= 15 is 0 Å². The average Bonchev–Trinajstić information content (AvgIpc) is 2.72. The molecule has 0 aliphatic rings. The van der Waals surface area contributed by atoms with Gasteiger partial charge in [-0.3, -0.25) is 9.59 Å². The normalized spacial score (nSPS) is 11.0. The number of carbonyl (C=O) groups excluding carboxylic acids is 2. The number of nitrogens with two attached hydrogens (primary N) is 1. The molecular weight excluding hydrogens is 350 g/mol. The van der Waals surface area contributed by atoms with Crippen molar-refractivity contribution in [1.82, 2.24) is 10.6 Å². The summed E-state index contributed by atoms with van der Waals surface area (Å²) < 4.78 is 0. The van der Waals surface area contributed by atoms with Crippen LogP contribution in [0.1, 0.15) is 53.2 Å². The summed E-state index contributed by atoms with van der Waals surface area (Å²) in [5.74, 6) is 0.225. The van der Waals surface area contributed by atoms with Crippen LogP contribution in [-0.4, -0.2) is 24.9 Å². The number of carbonyl (C=O) groups is 2. The molecule has 0 radical (unpaired) electrons. The maximum Gasteiger partial charge on any atom is 0.251 e. The molecule has 2 aromatic carbocycles. The fourth-order valence-corrected chi connectivity index (χ4v) is 2.62. The molecule has 148 valence electrons. The second-order valence-electron chi connectivity index (χ2n) is 6.96. The van der Waals surface area contributed by atoms with E-state index in [1.54, 1.807) is 18.2 Å². The van der Waals surface area contributed by atoms with Crippen molar-refractivity contribution in [1.29, 1.82) is 0 Å². The van der Waals surface area contributed by atoms with Crippen LogP contribution in [0.2, 0.25) is 0 Å². The Morgan fingerprint density at radius 3 is 2.21 bits per heavy atom. The Balaban J connectivity index is 1.65. The highest BCUT2D eigenvalue weighted by Crippen LogP contribution is 2.15. The average molecular weight is 380 g/mol. The lowest BCUT2D eigenvalue weighted by Crippen LogP contribution is -2.29. The zero-order chi connectivity index (χ0) is 20.4. The zero-order valence-corrected chi connectivity index (χ0v) is 16.6. The minimum Gasteiger partial charge on any atom is -0.352 e. The van der Waals surface area contributed by atoms with Crippen LogP contribution in [0.3, 0.4) is 0 Å². The summed E-state index contributed by atoms with van der Waals surface area (Å²) in [7, 11) is 0. The Morgan fingerprint density at radius 2 is 1.61 bits per heavy atom. The lowest BCUT2D eigenvalue weighted by atomic mass is 10.0. The third kappa shape index (κ3) is 7.00. The second-order valence-corrected chi connectivity index (χ2v) is 6.96. The minimum atomic E-state index is -0.142. The van der Waals surface area contributed by atoms with Crippen molar-refractivity contribution in [2.75, 3.05) is 13.1 Å². The van der Waals surface area contributed by atoms with Gasteiger partial charge in [0.2, 0.25) is 5.91 Å². The minimum absolute atomic E-state index is 0.125. The van der Waals surface area contributed by atoms with E-state index in [2.05, 4.69) is 36.6 Å². The number of rotatable bonds is 9.